The van der Waals surface area contributed by atoms with Crippen molar-refractivity contribution in [2.45, 2.75) is 13.0 Å². The highest BCUT2D eigenvalue weighted by Crippen LogP contribution is 2.16. The molecule has 1 aromatic carbocycles. The van der Waals surface area contributed by atoms with Crippen LogP contribution in [0, 0.1) is 0 Å². The van der Waals surface area contributed by atoms with Crippen molar-refractivity contribution in [2.24, 2.45) is 7.05 Å². The van der Waals surface area contributed by atoms with Gasteiger partial charge in [-0.3, -0.25) is 14.3 Å². The van der Waals surface area contributed by atoms with E-state index in [1.807, 2.05) is 30.3 Å². The van der Waals surface area contributed by atoms with Gasteiger partial charge in [0, 0.05) is 13.6 Å². The Balaban J connectivity index is 1.78. The number of para-hydroxylation sites is 1. The van der Waals surface area contributed by atoms with Crippen LogP contribution in [0.2, 0.25) is 0 Å². The van der Waals surface area contributed by atoms with E-state index in [1.54, 1.807) is 11.6 Å². The van der Waals surface area contributed by atoms with Gasteiger partial charge in [0.2, 0.25) is 0 Å². The number of aromatic nitrogens is 4. The Labute approximate surface area is 139 Å². The molecule has 120 valence electrons. The SMILES string of the molecule is Cn1c(=O)[nH]c(=O)c2c1nc(Br)n2CCCOc1ccccc1. The second-order valence-corrected chi connectivity index (χ2v) is 5.75. The van der Waals surface area contributed by atoms with E-state index in [9.17, 15) is 9.59 Å². The molecule has 0 amide bonds. The number of fused-ring (bicyclic) bond motifs is 1. The van der Waals surface area contributed by atoms with Crippen LogP contribution in [-0.2, 0) is 13.6 Å². The van der Waals surface area contributed by atoms with Crippen molar-refractivity contribution in [1.29, 1.82) is 0 Å². The Hall–Kier alpha value is -2.35. The third-order valence-electron chi connectivity index (χ3n) is 3.50. The molecule has 0 unspecified atom stereocenters. The fourth-order valence-electron chi connectivity index (χ4n) is 2.34. The Kier molecular flexibility index (Phi) is 4.33. The molecule has 3 rings (SSSR count). The topological polar surface area (TPSA) is 81.9 Å². The van der Waals surface area contributed by atoms with Crippen molar-refractivity contribution >= 4 is 27.1 Å². The summed E-state index contributed by atoms with van der Waals surface area (Å²) in [7, 11) is 1.57. The smallest absolute Gasteiger partial charge is 0.329 e. The van der Waals surface area contributed by atoms with E-state index < -0.39 is 11.2 Å². The maximum Gasteiger partial charge on any atom is 0.329 e. The van der Waals surface area contributed by atoms with Crippen molar-refractivity contribution in [3.63, 3.8) is 0 Å². The van der Waals surface area contributed by atoms with Crippen molar-refractivity contribution < 1.29 is 4.74 Å². The summed E-state index contributed by atoms with van der Waals surface area (Å²) < 4.78 is 9.21. The lowest BCUT2D eigenvalue weighted by Crippen LogP contribution is -2.29. The lowest BCUT2D eigenvalue weighted by molar-refractivity contribution is 0.302. The highest BCUT2D eigenvalue weighted by atomic mass is 79.9. The predicted octanol–water partition coefficient (Wildman–Crippen LogP) is 1.65. The van der Waals surface area contributed by atoms with Gasteiger partial charge in [-0.05, 0) is 34.5 Å². The number of nitrogens with one attached hydrogen (secondary N) is 1. The van der Waals surface area contributed by atoms with Crippen molar-refractivity contribution in [3.8, 4) is 5.75 Å². The highest BCUT2D eigenvalue weighted by Gasteiger charge is 2.15. The fourth-order valence-corrected chi connectivity index (χ4v) is 2.86. The lowest BCUT2D eigenvalue weighted by atomic mass is 10.3. The molecular weight excluding hydrogens is 364 g/mol. The number of hydrogen-bond acceptors (Lipinski definition) is 4. The maximum atomic E-state index is 12.1. The number of nitrogens with zero attached hydrogens (tertiary/aromatic N) is 3. The number of halogens is 1. The van der Waals surface area contributed by atoms with Crippen LogP contribution in [0.5, 0.6) is 5.75 Å². The molecule has 0 saturated heterocycles. The maximum absolute atomic E-state index is 12.1. The largest absolute Gasteiger partial charge is 0.494 e. The minimum absolute atomic E-state index is 0.356. The molecular formula is C15H15BrN4O3. The van der Waals surface area contributed by atoms with Crippen molar-refractivity contribution in [1.82, 2.24) is 19.1 Å². The van der Waals surface area contributed by atoms with Crippen LogP contribution in [0.25, 0.3) is 11.2 Å². The van der Waals surface area contributed by atoms with Crippen LogP contribution in [0.3, 0.4) is 0 Å². The molecule has 3 aromatic rings. The lowest BCUT2D eigenvalue weighted by Gasteiger charge is -2.08. The molecule has 0 bridgehead atoms. The van der Waals surface area contributed by atoms with Gasteiger partial charge in [0.15, 0.2) is 15.9 Å². The standard InChI is InChI=1S/C15H15BrN4O3/c1-19-12-11(13(21)18-15(19)22)20(14(16)17-12)8-5-9-23-10-6-3-2-4-7-10/h2-4,6-7H,5,8-9H2,1H3,(H,18,21,22). The quantitative estimate of drug-likeness (QED) is 0.540. The number of aromatic amines is 1. The molecule has 2 heterocycles. The number of benzene rings is 1. The first-order chi connectivity index (χ1) is 11.1. The minimum atomic E-state index is -0.480. The number of rotatable bonds is 5. The molecule has 0 saturated carbocycles. The van der Waals surface area contributed by atoms with E-state index in [-0.39, 0.29) is 0 Å². The van der Waals surface area contributed by atoms with Crippen LogP contribution in [-0.4, -0.2) is 25.7 Å². The summed E-state index contributed by atoms with van der Waals surface area (Å²) in [6.07, 6.45) is 0.696. The van der Waals surface area contributed by atoms with Gasteiger partial charge in [0.05, 0.1) is 6.61 Å². The van der Waals surface area contributed by atoms with E-state index in [2.05, 4.69) is 25.9 Å². The first-order valence-electron chi connectivity index (χ1n) is 7.11. The number of aryl methyl sites for hydroxylation is 2. The molecule has 0 spiro atoms. The van der Waals surface area contributed by atoms with Crippen LogP contribution in [0.15, 0.2) is 44.7 Å². The molecule has 0 fully saturated rings. The molecule has 23 heavy (non-hydrogen) atoms. The Morgan fingerprint density at radius 2 is 2.00 bits per heavy atom. The molecule has 1 N–H and O–H groups in total. The Morgan fingerprint density at radius 1 is 1.26 bits per heavy atom. The summed E-state index contributed by atoms with van der Waals surface area (Å²) in [6, 6.07) is 9.54. The Morgan fingerprint density at radius 3 is 2.74 bits per heavy atom. The summed E-state index contributed by atoms with van der Waals surface area (Å²) in [5, 5.41) is 0. The first kappa shape index (κ1) is 15.5. The Bertz CT molecular complexity index is 943. The molecule has 2 aromatic heterocycles. The van der Waals surface area contributed by atoms with E-state index in [0.717, 1.165) is 5.75 Å². The molecule has 0 radical (unpaired) electrons. The number of H-pyrrole nitrogens is 1. The van der Waals surface area contributed by atoms with Gasteiger partial charge in [0.1, 0.15) is 5.75 Å². The van der Waals surface area contributed by atoms with Crippen LogP contribution < -0.4 is 16.0 Å². The van der Waals surface area contributed by atoms with Crippen molar-refractivity contribution in [2.75, 3.05) is 6.61 Å². The molecule has 0 atom stereocenters. The predicted molar refractivity (Wildman–Crippen MR) is 89.8 cm³/mol. The van der Waals surface area contributed by atoms with Crippen molar-refractivity contribution in [3.05, 3.63) is 55.9 Å². The van der Waals surface area contributed by atoms with Gasteiger partial charge < -0.3 is 9.30 Å². The molecule has 0 aliphatic carbocycles. The molecule has 0 aliphatic rings. The van der Waals surface area contributed by atoms with Gasteiger partial charge in [0.25, 0.3) is 5.56 Å². The average Bonchev–Trinajstić information content (AvgIpc) is 2.88. The first-order valence-corrected chi connectivity index (χ1v) is 7.90. The molecule has 0 aliphatic heterocycles. The van der Waals surface area contributed by atoms with E-state index in [1.165, 1.54) is 4.57 Å². The highest BCUT2D eigenvalue weighted by molar-refractivity contribution is 9.10. The molecule has 8 heteroatoms. The van der Waals surface area contributed by atoms with Gasteiger partial charge in [-0.25, -0.2) is 9.78 Å². The zero-order valence-corrected chi connectivity index (χ0v) is 14.0. The summed E-state index contributed by atoms with van der Waals surface area (Å²) in [6.45, 7) is 1.06. The third kappa shape index (κ3) is 3.07. The van der Waals surface area contributed by atoms with Gasteiger partial charge in [-0.2, -0.15) is 0 Å². The monoisotopic (exact) mass is 378 g/mol. The summed E-state index contributed by atoms with van der Waals surface area (Å²) >= 11 is 3.34. The van der Waals surface area contributed by atoms with Gasteiger partial charge in [-0.1, -0.05) is 18.2 Å². The summed E-state index contributed by atoms with van der Waals surface area (Å²) in [5.41, 5.74) is -0.189. The number of hydrogen-bond donors (Lipinski definition) is 1. The summed E-state index contributed by atoms with van der Waals surface area (Å²) in [4.78, 5) is 30.2. The van der Waals surface area contributed by atoms with Crippen LogP contribution >= 0.6 is 15.9 Å². The average molecular weight is 379 g/mol. The third-order valence-corrected chi connectivity index (χ3v) is 4.10. The second kappa shape index (κ2) is 6.41. The van der Waals surface area contributed by atoms with Gasteiger partial charge >= 0.3 is 5.69 Å². The van der Waals surface area contributed by atoms with Crippen LogP contribution in [0.1, 0.15) is 6.42 Å². The number of ether oxygens (including phenoxy) is 1. The zero-order chi connectivity index (χ0) is 16.4. The van der Waals surface area contributed by atoms with E-state index >= 15 is 0 Å². The van der Waals surface area contributed by atoms with Gasteiger partial charge in [-0.15, -0.1) is 0 Å². The minimum Gasteiger partial charge on any atom is -0.494 e. The summed E-state index contributed by atoms with van der Waals surface area (Å²) in [5.74, 6) is 0.808. The molecule has 7 nitrogen and oxygen atoms in total. The normalized spacial score (nSPS) is 11.0. The second-order valence-electron chi connectivity index (χ2n) is 5.04. The zero-order valence-electron chi connectivity index (χ0n) is 12.5. The van der Waals surface area contributed by atoms with E-state index in [0.29, 0.717) is 35.5 Å². The van der Waals surface area contributed by atoms with E-state index in [4.69, 9.17) is 4.74 Å². The van der Waals surface area contributed by atoms with Crippen LogP contribution in [0.4, 0.5) is 0 Å². The number of imidazole rings is 1. The fraction of sp³-hybridized carbons (Fsp3) is 0.267.